The van der Waals surface area contributed by atoms with Gasteiger partial charge in [0, 0.05) is 64.1 Å². The van der Waals surface area contributed by atoms with Crippen LogP contribution in [0.1, 0.15) is 17.3 Å². The molecule has 0 N–H and O–H groups in total. The molecule has 0 spiro atoms. The van der Waals surface area contributed by atoms with Gasteiger partial charge in [0.25, 0.3) is 5.91 Å². The smallest absolute Gasteiger partial charge is 0.259 e. The van der Waals surface area contributed by atoms with Gasteiger partial charge in [-0.3, -0.25) is 9.59 Å². The van der Waals surface area contributed by atoms with Crippen LogP contribution in [0.5, 0.6) is 0 Å². The first-order chi connectivity index (χ1) is 16.1. The Morgan fingerprint density at radius 2 is 1.68 bits per heavy atom. The minimum Gasteiger partial charge on any atom is -0.368 e. The van der Waals surface area contributed by atoms with Crippen molar-refractivity contribution in [1.82, 2.24) is 13.8 Å². The van der Waals surface area contributed by atoms with Crippen molar-refractivity contribution in [2.45, 2.75) is 18.4 Å². The van der Waals surface area contributed by atoms with Gasteiger partial charge in [-0.25, -0.2) is 17.1 Å². The molecule has 1 aliphatic rings. The third-order valence-electron chi connectivity index (χ3n) is 6.16. The molecule has 2 aromatic carbocycles. The van der Waals surface area contributed by atoms with Crippen molar-refractivity contribution >= 4 is 32.5 Å². The number of anilines is 1. The molecule has 0 atom stereocenters. The zero-order valence-electron chi connectivity index (χ0n) is 19.4. The number of halogens is 1. The number of hydrogen-bond acceptors (Lipinski definition) is 5. The van der Waals surface area contributed by atoms with Crippen LogP contribution in [0.4, 0.5) is 10.1 Å². The minimum absolute atomic E-state index is 0.00210. The van der Waals surface area contributed by atoms with E-state index in [4.69, 9.17) is 0 Å². The molecule has 0 radical (unpaired) electrons. The van der Waals surface area contributed by atoms with Gasteiger partial charge in [-0.15, -0.1) is 0 Å². The molecule has 3 aromatic rings. The van der Waals surface area contributed by atoms with Crippen molar-refractivity contribution in [3.8, 4) is 0 Å². The Balaban J connectivity index is 1.66. The average molecular weight is 487 g/mol. The molecule has 10 heteroatoms. The highest BCUT2D eigenvalue weighted by Gasteiger charge is 2.26. The zero-order valence-corrected chi connectivity index (χ0v) is 20.2. The van der Waals surface area contributed by atoms with Gasteiger partial charge in [-0.05, 0) is 49.4 Å². The van der Waals surface area contributed by atoms with Crippen molar-refractivity contribution < 1.29 is 17.6 Å². The fraction of sp³-hybridized carbons (Fsp3) is 0.333. The van der Waals surface area contributed by atoms with E-state index < -0.39 is 15.5 Å². The monoisotopic (exact) mass is 486 g/mol. The normalized spacial score (nSPS) is 14.7. The second-order valence-electron chi connectivity index (χ2n) is 8.38. The molecule has 4 rings (SSSR count). The van der Waals surface area contributed by atoms with Crippen LogP contribution in [-0.2, 0) is 16.6 Å². The number of nitrogens with zero attached hydrogens (tertiary/aromatic N) is 4. The van der Waals surface area contributed by atoms with Gasteiger partial charge in [-0.1, -0.05) is 0 Å². The molecule has 1 amide bonds. The van der Waals surface area contributed by atoms with Crippen molar-refractivity contribution in [1.29, 1.82) is 0 Å². The number of rotatable bonds is 5. The third kappa shape index (κ3) is 4.30. The summed E-state index contributed by atoms with van der Waals surface area (Å²) < 4.78 is 41.3. The third-order valence-corrected chi connectivity index (χ3v) is 7.97. The zero-order chi connectivity index (χ0) is 24.6. The maximum absolute atomic E-state index is 13.3. The minimum atomic E-state index is -3.73. The molecule has 1 saturated heterocycles. The van der Waals surface area contributed by atoms with E-state index in [-0.39, 0.29) is 27.6 Å². The number of aromatic nitrogens is 1. The first-order valence-corrected chi connectivity index (χ1v) is 12.5. The largest absolute Gasteiger partial charge is 0.368 e. The van der Waals surface area contributed by atoms with Crippen LogP contribution in [0.25, 0.3) is 10.9 Å². The van der Waals surface area contributed by atoms with E-state index in [1.54, 1.807) is 33.9 Å². The summed E-state index contributed by atoms with van der Waals surface area (Å²) in [6, 6.07) is 10.6. The lowest BCUT2D eigenvalue weighted by Gasteiger charge is -2.36. The molecule has 0 unspecified atom stereocenters. The van der Waals surface area contributed by atoms with Crippen LogP contribution in [0.15, 0.2) is 58.4 Å². The molecule has 0 bridgehead atoms. The standard InChI is InChI=1S/C24H27FN4O4S/c1-4-27-16-21(23(30)20-15-19(9-10-22(20)27)34(32,33)26(2)3)24(31)29-13-11-28(12-14-29)18-7-5-17(25)6-8-18/h5-10,15-16H,4,11-14H2,1-3H3. The van der Waals surface area contributed by atoms with Gasteiger partial charge < -0.3 is 14.4 Å². The first kappa shape index (κ1) is 23.9. The summed E-state index contributed by atoms with van der Waals surface area (Å²) in [6.45, 7) is 4.33. The van der Waals surface area contributed by atoms with E-state index in [1.165, 1.54) is 38.4 Å². The number of carbonyl (C=O) groups is 1. The Morgan fingerprint density at radius 3 is 2.26 bits per heavy atom. The summed E-state index contributed by atoms with van der Waals surface area (Å²) in [7, 11) is -0.881. The lowest BCUT2D eigenvalue weighted by atomic mass is 10.1. The molecular weight excluding hydrogens is 459 g/mol. The van der Waals surface area contributed by atoms with E-state index in [0.29, 0.717) is 38.2 Å². The predicted molar refractivity (Wildman–Crippen MR) is 129 cm³/mol. The Morgan fingerprint density at radius 1 is 1.03 bits per heavy atom. The fourth-order valence-corrected chi connectivity index (χ4v) is 5.08. The lowest BCUT2D eigenvalue weighted by Crippen LogP contribution is -2.49. The number of carbonyl (C=O) groups excluding carboxylic acids is 1. The van der Waals surface area contributed by atoms with Crippen LogP contribution < -0.4 is 10.3 Å². The maximum atomic E-state index is 13.3. The molecule has 0 saturated carbocycles. The summed E-state index contributed by atoms with van der Waals surface area (Å²) in [6.07, 6.45) is 1.56. The van der Waals surface area contributed by atoms with Gasteiger partial charge >= 0.3 is 0 Å². The van der Waals surface area contributed by atoms with Gasteiger partial charge in [0.2, 0.25) is 15.5 Å². The molecule has 180 valence electrons. The molecular formula is C24H27FN4O4S. The molecule has 1 fully saturated rings. The molecule has 34 heavy (non-hydrogen) atoms. The summed E-state index contributed by atoms with van der Waals surface area (Å²) in [5.41, 5.74) is 0.982. The average Bonchev–Trinajstić information content (AvgIpc) is 2.84. The highest BCUT2D eigenvalue weighted by molar-refractivity contribution is 7.89. The van der Waals surface area contributed by atoms with Crippen molar-refractivity contribution in [2.24, 2.45) is 0 Å². The van der Waals surface area contributed by atoms with Crippen molar-refractivity contribution in [3.05, 3.63) is 70.3 Å². The summed E-state index contributed by atoms with van der Waals surface area (Å²) in [5.74, 6) is -0.684. The Bertz CT molecular complexity index is 1390. The fourth-order valence-electron chi connectivity index (χ4n) is 4.15. The van der Waals surface area contributed by atoms with E-state index in [0.717, 1.165) is 9.99 Å². The van der Waals surface area contributed by atoms with Crippen LogP contribution >= 0.6 is 0 Å². The highest BCUT2D eigenvalue weighted by atomic mass is 32.2. The second-order valence-corrected chi connectivity index (χ2v) is 10.5. The summed E-state index contributed by atoms with van der Waals surface area (Å²) in [5, 5.41) is 0.195. The van der Waals surface area contributed by atoms with Gasteiger partial charge in [0.05, 0.1) is 10.4 Å². The summed E-state index contributed by atoms with van der Waals surface area (Å²) in [4.78, 5) is 30.4. The van der Waals surface area contributed by atoms with E-state index in [9.17, 15) is 22.4 Å². The number of pyridine rings is 1. The van der Waals surface area contributed by atoms with Gasteiger partial charge in [0.15, 0.2) is 0 Å². The number of hydrogen-bond donors (Lipinski definition) is 0. The van der Waals surface area contributed by atoms with Crippen molar-refractivity contribution in [2.75, 3.05) is 45.2 Å². The topological polar surface area (TPSA) is 82.9 Å². The Kier molecular flexibility index (Phi) is 6.46. The van der Waals surface area contributed by atoms with E-state index in [2.05, 4.69) is 4.90 Å². The SMILES string of the molecule is CCn1cc(C(=O)N2CCN(c3ccc(F)cc3)CC2)c(=O)c2cc(S(=O)(=O)N(C)C)ccc21. The number of fused-ring (bicyclic) bond motifs is 1. The lowest BCUT2D eigenvalue weighted by molar-refractivity contribution is 0.0745. The number of sulfonamides is 1. The van der Waals surface area contributed by atoms with Crippen LogP contribution in [-0.4, -0.2) is 68.4 Å². The maximum Gasteiger partial charge on any atom is 0.259 e. The number of amides is 1. The highest BCUT2D eigenvalue weighted by Crippen LogP contribution is 2.21. The van der Waals surface area contributed by atoms with E-state index in [1.807, 2.05) is 6.92 Å². The Labute approximate surface area is 197 Å². The molecule has 8 nitrogen and oxygen atoms in total. The van der Waals surface area contributed by atoms with Crippen LogP contribution in [0.2, 0.25) is 0 Å². The molecule has 1 aromatic heterocycles. The number of aryl methyl sites for hydroxylation is 1. The van der Waals surface area contributed by atoms with Gasteiger partial charge in [-0.2, -0.15) is 0 Å². The quantitative estimate of drug-likeness (QED) is 0.553. The first-order valence-electron chi connectivity index (χ1n) is 11.0. The Hall–Kier alpha value is -3.24. The van der Waals surface area contributed by atoms with Crippen LogP contribution in [0.3, 0.4) is 0 Å². The summed E-state index contributed by atoms with van der Waals surface area (Å²) >= 11 is 0. The van der Waals surface area contributed by atoms with E-state index >= 15 is 0 Å². The molecule has 1 aliphatic heterocycles. The number of piperazine rings is 1. The number of benzene rings is 2. The second kappa shape index (κ2) is 9.19. The van der Waals surface area contributed by atoms with Crippen molar-refractivity contribution in [3.63, 3.8) is 0 Å². The predicted octanol–water partition coefficient (Wildman–Crippen LogP) is 2.37. The molecule has 2 heterocycles. The molecule has 0 aliphatic carbocycles. The van der Waals surface area contributed by atoms with Gasteiger partial charge in [0.1, 0.15) is 11.4 Å². The van der Waals surface area contributed by atoms with Crippen LogP contribution in [0, 0.1) is 5.82 Å².